The van der Waals surface area contributed by atoms with Gasteiger partial charge in [0.25, 0.3) is 5.17 Å². The van der Waals surface area contributed by atoms with E-state index >= 15 is 0 Å². The van der Waals surface area contributed by atoms with Crippen LogP contribution in [0.25, 0.3) is 0 Å². The van der Waals surface area contributed by atoms with E-state index in [2.05, 4.69) is 19.1 Å². The standard InChI is InChI=1S/C10H13NOS/c1-2-3-8-4-6-9(7-5-8)12-10(11)13/h4-7H,2-3H2,1H3,(H2,11,13). The molecule has 0 heterocycles. The number of hydrogen-bond acceptors (Lipinski definition) is 2. The predicted octanol–water partition coefficient (Wildman–Crippen LogP) is 2.26. The van der Waals surface area contributed by atoms with Crippen LogP contribution in [0.5, 0.6) is 5.75 Å². The Hall–Kier alpha value is -1.09. The Balaban J connectivity index is 2.64. The zero-order chi connectivity index (χ0) is 9.68. The zero-order valence-corrected chi connectivity index (χ0v) is 8.43. The molecule has 13 heavy (non-hydrogen) atoms. The number of benzene rings is 1. The van der Waals surface area contributed by atoms with Gasteiger partial charge in [-0.1, -0.05) is 25.5 Å². The molecule has 70 valence electrons. The normalized spacial score (nSPS) is 9.62. The molecule has 0 spiro atoms. The molecule has 0 saturated heterocycles. The van der Waals surface area contributed by atoms with Crippen molar-refractivity contribution in [3.05, 3.63) is 29.8 Å². The smallest absolute Gasteiger partial charge is 0.259 e. The van der Waals surface area contributed by atoms with Crippen LogP contribution in [0.2, 0.25) is 0 Å². The molecule has 0 unspecified atom stereocenters. The number of ether oxygens (including phenoxy) is 1. The summed E-state index contributed by atoms with van der Waals surface area (Å²) in [4.78, 5) is 0. The minimum atomic E-state index is 0.0586. The van der Waals surface area contributed by atoms with Crippen LogP contribution in [0, 0.1) is 0 Å². The maximum Gasteiger partial charge on any atom is 0.259 e. The second-order valence-corrected chi connectivity index (χ2v) is 3.22. The molecule has 1 aromatic carbocycles. The third kappa shape index (κ3) is 3.42. The first kappa shape index (κ1) is 9.99. The molecule has 0 atom stereocenters. The molecule has 1 rings (SSSR count). The Kier molecular flexibility index (Phi) is 3.71. The lowest BCUT2D eigenvalue weighted by atomic mass is 10.1. The van der Waals surface area contributed by atoms with Gasteiger partial charge in [0.2, 0.25) is 0 Å². The number of aryl methyl sites for hydroxylation is 1. The fourth-order valence-electron chi connectivity index (χ4n) is 1.13. The number of nitrogens with two attached hydrogens (primary N) is 1. The van der Waals surface area contributed by atoms with Gasteiger partial charge in [-0.25, -0.2) is 0 Å². The average Bonchev–Trinajstić information content (AvgIpc) is 2.08. The first-order valence-corrected chi connectivity index (χ1v) is 4.69. The quantitative estimate of drug-likeness (QED) is 0.751. The minimum absolute atomic E-state index is 0.0586. The van der Waals surface area contributed by atoms with Crippen molar-refractivity contribution >= 4 is 17.4 Å². The van der Waals surface area contributed by atoms with Gasteiger partial charge in [0.1, 0.15) is 5.75 Å². The van der Waals surface area contributed by atoms with E-state index in [-0.39, 0.29) is 5.17 Å². The first-order chi connectivity index (χ1) is 6.22. The molecule has 0 aliphatic carbocycles. The van der Waals surface area contributed by atoms with Gasteiger partial charge in [-0.15, -0.1) is 0 Å². The number of hydrogen-bond donors (Lipinski definition) is 1. The lowest BCUT2D eigenvalue weighted by Gasteiger charge is -2.03. The molecule has 0 aromatic heterocycles. The summed E-state index contributed by atoms with van der Waals surface area (Å²) in [6.07, 6.45) is 2.24. The molecule has 3 heteroatoms. The molecule has 2 N–H and O–H groups in total. The Bertz CT molecular complexity index is 281. The molecule has 1 aromatic rings. The Morgan fingerprint density at radius 3 is 2.46 bits per heavy atom. The Morgan fingerprint density at radius 2 is 2.00 bits per heavy atom. The van der Waals surface area contributed by atoms with Crippen LogP contribution >= 0.6 is 12.2 Å². The van der Waals surface area contributed by atoms with E-state index in [4.69, 9.17) is 10.5 Å². The van der Waals surface area contributed by atoms with Crippen LogP contribution in [0.1, 0.15) is 18.9 Å². The van der Waals surface area contributed by atoms with E-state index in [0.29, 0.717) is 5.75 Å². The lowest BCUT2D eigenvalue weighted by molar-refractivity contribution is 0.557. The highest BCUT2D eigenvalue weighted by Gasteiger charge is 1.95. The zero-order valence-electron chi connectivity index (χ0n) is 7.62. The van der Waals surface area contributed by atoms with E-state index in [1.165, 1.54) is 5.56 Å². The van der Waals surface area contributed by atoms with Crippen molar-refractivity contribution in [2.75, 3.05) is 0 Å². The molecule has 0 amide bonds. The molecule has 0 aliphatic rings. The third-order valence-corrected chi connectivity index (χ3v) is 1.76. The van der Waals surface area contributed by atoms with Crippen LogP contribution in [0.15, 0.2) is 24.3 Å². The largest absolute Gasteiger partial charge is 0.432 e. The van der Waals surface area contributed by atoms with Crippen molar-refractivity contribution in [1.82, 2.24) is 0 Å². The maximum atomic E-state index is 5.23. The van der Waals surface area contributed by atoms with Gasteiger partial charge < -0.3 is 10.5 Å². The summed E-state index contributed by atoms with van der Waals surface area (Å²) in [6.45, 7) is 2.15. The summed E-state index contributed by atoms with van der Waals surface area (Å²) in [5.41, 5.74) is 6.53. The van der Waals surface area contributed by atoms with E-state index in [9.17, 15) is 0 Å². The summed E-state index contributed by atoms with van der Waals surface area (Å²) in [5, 5.41) is 0.0586. The third-order valence-electron chi connectivity index (χ3n) is 1.68. The highest BCUT2D eigenvalue weighted by molar-refractivity contribution is 7.80. The second kappa shape index (κ2) is 4.82. The fraction of sp³-hybridized carbons (Fsp3) is 0.300. The number of thiocarbonyl (C=S) groups is 1. The van der Waals surface area contributed by atoms with Gasteiger partial charge in [0.05, 0.1) is 0 Å². The fourth-order valence-corrected chi connectivity index (χ4v) is 1.23. The number of rotatable bonds is 3. The Morgan fingerprint density at radius 1 is 1.38 bits per heavy atom. The van der Waals surface area contributed by atoms with Crippen molar-refractivity contribution < 1.29 is 4.74 Å². The SMILES string of the molecule is CCCc1ccc(OC(N)=S)cc1. The van der Waals surface area contributed by atoms with Crippen LogP contribution in [-0.4, -0.2) is 5.17 Å². The van der Waals surface area contributed by atoms with E-state index < -0.39 is 0 Å². The van der Waals surface area contributed by atoms with Crippen LogP contribution in [-0.2, 0) is 6.42 Å². The maximum absolute atomic E-state index is 5.23. The molecule has 0 fully saturated rings. The molecule has 2 nitrogen and oxygen atoms in total. The van der Waals surface area contributed by atoms with Crippen molar-refractivity contribution in [3.63, 3.8) is 0 Å². The lowest BCUT2D eigenvalue weighted by Crippen LogP contribution is -2.15. The van der Waals surface area contributed by atoms with E-state index in [0.717, 1.165) is 12.8 Å². The molecule has 0 bridgehead atoms. The monoisotopic (exact) mass is 195 g/mol. The summed E-state index contributed by atoms with van der Waals surface area (Å²) in [7, 11) is 0. The van der Waals surface area contributed by atoms with Crippen LogP contribution < -0.4 is 10.5 Å². The highest BCUT2D eigenvalue weighted by Crippen LogP contribution is 2.13. The molecule has 0 aliphatic heterocycles. The van der Waals surface area contributed by atoms with Crippen LogP contribution in [0.3, 0.4) is 0 Å². The Labute approximate surface area is 83.7 Å². The second-order valence-electron chi connectivity index (χ2n) is 2.82. The summed E-state index contributed by atoms with van der Waals surface area (Å²) in [5.74, 6) is 0.701. The minimum Gasteiger partial charge on any atom is -0.432 e. The van der Waals surface area contributed by atoms with Gasteiger partial charge in [-0.3, -0.25) is 0 Å². The van der Waals surface area contributed by atoms with Gasteiger partial charge in [-0.2, -0.15) is 0 Å². The highest BCUT2D eigenvalue weighted by atomic mass is 32.1. The van der Waals surface area contributed by atoms with E-state index in [1.807, 2.05) is 24.3 Å². The van der Waals surface area contributed by atoms with Gasteiger partial charge >= 0.3 is 0 Å². The predicted molar refractivity (Wildman–Crippen MR) is 57.9 cm³/mol. The van der Waals surface area contributed by atoms with Crippen molar-refractivity contribution in [3.8, 4) is 5.75 Å². The van der Waals surface area contributed by atoms with Crippen molar-refractivity contribution in [2.45, 2.75) is 19.8 Å². The van der Waals surface area contributed by atoms with Crippen LogP contribution in [0.4, 0.5) is 0 Å². The molecular weight excluding hydrogens is 182 g/mol. The topological polar surface area (TPSA) is 35.2 Å². The average molecular weight is 195 g/mol. The molecule has 0 radical (unpaired) electrons. The van der Waals surface area contributed by atoms with E-state index in [1.54, 1.807) is 0 Å². The summed E-state index contributed by atoms with van der Waals surface area (Å²) >= 11 is 4.62. The van der Waals surface area contributed by atoms with Gasteiger partial charge in [-0.05, 0) is 36.3 Å². The van der Waals surface area contributed by atoms with Crippen molar-refractivity contribution in [1.29, 1.82) is 0 Å². The summed E-state index contributed by atoms with van der Waals surface area (Å²) < 4.78 is 5.06. The van der Waals surface area contributed by atoms with Gasteiger partial charge in [0.15, 0.2) is 0 Å². The van der Waals surface area contributed by atoms with Gasteiger partial charge in [0, 0.05) is 0 Å². The molecule has 0 saturated carbocycles. The molecular formula is C10H13NOS. The first-order valence-electron chi connectivity index (χ1n) is 4.28. The van der Waals surface area contributed by atoms with Crippen molar-refractivity contribution in [2.24, 2.45) is 5.73 Å². The summed E-state index contributed by atoms with van der Waals surface area (Å²) in [6, 6.07) is 7.81.